The van der Waals surface area contributed by atoms with Gasteiger partial charge in [0, 0.05) is 38.6 Å². The van der Waals surface area contributed by atoms with E-state index in [9.17, 15) is 14.0 Å². The highest BCUT2D eigenvalue weighted by Gasteiger charge is 2.22. The molecule has 0 atom stereocenters. The standard InChI is InChI=1S/C23H24FN5O3/c1-2-32-23(31)17-8-9-21(25-14-17)27-10-5-11-28(13-12-27)22(30)18-15-26-29(16-18)20-7-4-3-6-19(20)24/h3-4,6-9,14-16H,2,5,10-13H2,1H3. The molecular formula is C23H24FN5O3. The molecule has 8 nitrogen and oxygen atoms in total. The molecular weight excluding hydrogens is 413 g/mol. The number of hydrogen-bond acceptors (Lipinski definition) is 6. The minimum absolute atomic E-state index is 0.139. The van der Waals surface area contributed by atoms with Crippen LogP contribution in [0.3, 0.4) is 0 Å². The lowest BCUT2D eigenvalue weighted by Crippen LogP contribution is -2.35. The van der Waals surface area contributed by atoms with Gasteiger partial charge in [-0.25, -0.2) is 18.9 Å². The minimum atomic E-state index is -0.401. The van der Waals surface area contributed by atoms with Gasteiger partial charge in [0.1, 0.15) is 17.3 Å². The second-order valence-corrected chi connectivity index (χ2v) is 7.38. The summed E-state index contributed by atoms with van der Waals surface area (Å²) in [6.45, 7) is 4.54. The van der Waals surface area contributed by atoms with Crippen LogP contribution in [0.1, 0.15) is 34.1 Å². The smallest absolute Gasteiger partial charge is 0.339 e. The van der Waals surface area contributed by atoms with Crippen LogP contribution in [0, 0.1) is 5.82 Å². The summed E-state index contributed by atoms with van der Waals surface area (Å²) in [7, 11) is 0. The number of anilines is 1. The largest absolute Gasteiger partial charge is 0.462 e. The Kier molecular flexibility index (Phi) is 6.44. The summed E-state index contributed by atoms with van der Waals surface area (Å²) in [6, 6.07) is 9.79. The van der Waals surface area contributed by atoms with Gasteiger partial charge in [-0.2, -0.15) is 5.10 Å². The van der Waals surface area contributed by atoms with Gasteiger partial charge in [0.2, 0.25) is 0 Å². The van der Waals surface area contributed by atoms with Crippen molar-refractivity contribution < 1.29 is 18.7 Å². The number of para-hydroxylation sites is 1. The minimum Gasteiger partial charge on any atom is -0.462 e. The van der Waals surface area contributed by atoms with Crippen molar-refractivity contribution in [1.82, 2.24) is 19.7 Å². The summed E-state index contributed by atoms with van der Waals surface area (Å²) in [4.78, 5) is 33.1. The fourth-order valence-corrected chi connectivity index (χ4v) is 3.64. The van der Waals surface area contributed by atoms with Crippen LogP contribution in [-0.2, 0) is 4.74 Å². The molecule has 0 unspecified atom stereocenters. The van der Waals surface area contributed by atoms with Crippen LogP contribution in [0.25, 0.3) is 5.69 Å². The van der Waals surface area contributed by atoms with Gasteiger partial charge in [-0.15, -0.1) is 0 Å². The van der Waals surface area contributed by atoms with E-state index in [4.69, 9.17) is 4.74 Å². The average molecular weight is 437 g/mol. The Balaban J connectivity index is 1.41. The molecule has 0 saturated carbocycles. The van der Waals surface area contributed by atoms with Crippen LogP contribution in [0.15, 0.2) is 55.0 Å². The summed E-state index contributed by atoms with van der Waals surface area (Å²) in [5, 5.41) is 4.16. The third-order valence-corrected chi connectivity index (χ3v) is 5.29. The highest BCUT2D eigenvalue weighted by molar-refractivity contribution is 5.94. The maximum absolute atomic E-state index is 14.0. The molecule has 3 heterocycles. The van der Waals surface area contributed by atoms with Gasteiger partial charge in [-0.05, 0) is 37.6 Å². The van der Waals surface area contributed by atoms with Gasteiger partial charge in [0.15, 0.2) is 0 Å². The molecule has 1 amide bonds. The zero-order valence-corrected chi connectivity index (χ0v) is 17.8. The predicted molar refractivity (Wildman–Crippen MR) is 116 cm³/mol. The van der Waals surface area contributed by atoms with Gasteiger partial charge in [-0.1, -0.05) is 12.1 Å². The number of carbonyl (C=O) groups is 2. The number of rotatable bonds is 5. The molecule has 1 aliphatic heterocycles. The second kappa shape index (κ2) is 9.59. The van der Waals surface area contributed by atoms with E-state index in [0.717, 1.165) is 18.8 Å². The summed E-state index contributed by atoms with van der Waals surface area (Å²) in [6.07, 6.45) is 5.30. The van der Waals surface area contributed by atoms with E-state index in [1.807, 2.05) is 0 Å². The summed E-state index contributed by atoms with van der Waals surface area (Å²) in [5.41, 5.74) is 1.12. The average Bonchev–Trinajstić information content (AvgIpc) is 3.17. The van der Waals surface area contributed by atoms with Crippen LogP contribution in [0.5, 0.6) is 0 Å². The Hall–Kier alpha value is -3.75. The zero-order chi connectivity index (χ0) is 22.5. The SMILES string of the molecule is CCOC(=O)c1ccc(N2CCCN(C(=O)c3cnn(-c4ccccc4F)c3)CC2)nc1. The first-order valence-electron chi connectivity index (χ1n) is 10.5. The number of carbonyl (C=O) groups excluding carboxylic acids is 2. The highest BCUT2D eigenvalue weighted by Crippen LogP contribution is 2.17. The van der Waals surface area contributed by atoms with Crippen molar-refractivity contribution in [3.63, 3.8) is 0 Å². The highest BCUT2D eigenvalue weighted by atomic mass is 19.1. The summed E-state index contributed by atoms with van der Waals surface area (Å²) >= 11 is 0. The topological polar surface area (TPSA) is 80.6 Å². The van der Waals surface area contributed by atoms with E-state index < -0.39 is 11.8 Å². The third kappa shape index (κ3) is 4.61. The number of nitrogens with zero attached hydrogens (tertiary/aromatic N) is 5. The van der Waals surface area contributed by atoms with Crippen molar-refractivity contribution in [3.05, 3.63) is 71.9 Å². The van der Waals surface area contributed by atoms with Crippen LogP contribution in [0.2, 0.25) is 0 Å². The first-order chi connectivity index (χ1) is 15.6. The quantitative estimate of drug-likeness (QED) is 0.571. The van der Waals surface area contributed by atoms with Crippen molar-refractivity contribution in [1.29, 1.82) is 0 Å². The van der Waals surface area contributed by atoms with E-state index in [1.54, 1.807) is 48.4 Å². The molecule has 0 N–H and O–H groups in total. The maximum atomic E-state index is 14.0. The number of esters is 1. The molecule has 0 radical (unpaired) electrons. The van der Waals surface area contributed by atoms with Crippen LogP contribution in [-0.4, -0.2) is 64.3 Å². The molecule has 9 heteroatoms. The molecule has 166 valence electrons. The Morgan fingerprint density at radius 3 is 2.62 bits per heavy atom. The van der Waals surface area contributed by atoms with E-state index in [1.165, 1.54) is 23.1 Å². The van der Waals surface area contributed by atoms with Crippen molar-refractivity contribution >= 4 is 17.7 Å². The number of amides is 1. The summed E-state index contributed by atoms with van der Waals surface area (Å²) in [5.74, 6) is -0.184. The Labute approximate surface area is 185 Å². The number of ether oxygens (including phenoxy) is 1. The maximum Gasteiger partial charge on any atom is 0.339 e. The molecule has 4 rings (SSSR count). The van der Waals surface area contributed by atoms with Gasteiger partial charge in [0.05, 0.1) is 23.9 Å². The molecule has 0 aliphatic carbocycles. The van der Waals surface area contributed by atoms with Crippen LogP contribution in [0.4, 0.5) is 10.2 Å². The Bertz CT molecular complexity index is 1100. The van der Waals surface area contributed by atoms with E-state index >= 15 is 0 Å². The molecule has 0 spiro atoms. The lowest BCUT2D eigenvalue weighted by molar-refractivity contribution is 0.0525. The monoisotopic (exact) mass is 437 g/mol. The van der Waals surface area contributed by atoms with Crippen molar-refractivity contribution in [3.8, 4) is 5.69 Å². The van der Waals surface area contributed by atoms with Crippen LogP contribution < -0.4 is 4.90 Å². The van der Waals surface area contributed by atoms with Gasteiger partial charge < -0.3 is 14.5 Å². The third-order valence-electron chi connectivity index (χ3n) is 5.29. The molecule has 1 saturated heterocycles. The lowest BCUT2D eigenvalue weighted by Gasteiger charge is -2.22. The summed E-state index contributed by atoms with van der Waals surface area (Å²) < 4.78 is 20.4. The normalized spacial score (nSPS) is 14.2. The van der Waals surface area contributed by atoms with E-state index in [2.05, 4.69) is 15.0 Å². The number of benzene rings is 1. The molecule has 32 heavy (non-hydrogen) atoms. The number of hydrogen-bond donors (Lipinski definition) is 0. The fraction of sp³-hybridized carbons (Fsp3) is 0.304. The Morgan fingerprint density at radius 2 is 1.88 bits per heavy atom. The van der Waals surface area contributed by atoms with E-state index in [0.29, 0.717) is 43.1 Å². The van der Waals surface area contributed by atoms with E-state index in [-0.39, 0.29) is 5.91 Å². The number of halogens is 1. The fourth-order valence-electron chi connectivity index (χ4n) is 3.64. The van der Waals surface area contributed by atoms with Crippen molar-refractivity contribution in [2.24, 2.45) is 0 Å². The molecule has 1 fully saturated rings. The van der Waals surface area contributed by atoms with Crippen LogP contribution >= 0.6 is 0 Å². The number of aromatic nitrogens is 3. The number of pyridine rings is 1. The second-order valence-electron chi connectivity index (χ2n) is 7.38. The predicted octanol–water partition coefficient (Wildman–Crippen LogP) is 2.94. The molecule has 1 aliphatic rings. The lowest BCUT2D eigenvalue weighted by atomic mass is 10.2. The first-order valence-corrected chi connectivity index (χ1v) is 10.5. The molecule has 3 aromatic rings. The Morgan fingerprint density at radius 1 is 1.03 bits per heavy atom. The van der Waals surface area contributed by atoms with Gasteiger partial charge in [-0.3, -0.25) is 4.79 Å². The molecule has 1 aromatic carbocycles. The molecule has 2 aromatic heterocycles. The molecule has 0 bridgehead atoms. The first kappa shape index (κ1) is 21.5. The van der Waals surface area contributed by atoms with Gasteiger partial charge in [0.25, 0.3) is 5.91 Å². The van der Waals surface area contributed by atoms with Gasteiger partial charge >= 0.3 is 5.97 Å². The zero-order valence-electron chi connectivity index (χ0n) is 17.8. The van der Waals surface area contributed by atoms with Crippen molar-refractivity contribution in [2.75, 3.05) is 37.7 Å². The van der Waals surface area contributed by atoms with Crippen molar-refractivity contribution in [2.45, 2.75) is 13.3 Å².